The lowest BCUT2D eigenvalue weighted by Crippen LogP contribution is -2.03. The van der Waals surface area contributed by atoms with Gasteiger partial charge in [0.1, 0.15) is 11.6 Å². The summed E-state index contributed by atoms with van der Waals surface area (Å²) in [5.41, 5.74) is 4.31. The van der Waals surface area contributed by atoms with Crippen molar-refractivity contribution in [3.63, 3.8) is 0 Å². The summed E-state index contributed by atoms with van der Waals surface area (Å²) >= 11 is 0. The van der Waals surface area contributed by atoms with Crippen molar-refractivity contribution in [3.05, 3.63) is 71.4 Å². The van der Waals surface area contributed by atoms with Crippen LogP contribution in [0.25, 0.3) is 5.69 Å². The fourth-order valence-corrected chi connectivity index (χ4v) is 2.31. The first kappa shape index (κ1) is 13.9. The van der Waals surface area contributed by atoms with Crippen molar-refractivity contribution in [1.29, 1.82) is 5.26 Å². The van der Waals surface area contributed by atoms with Gasteiger partial charge >= 0.3 is 0 Å². The molecule has 2 aromatic carbocycles. The Morgan fingerprint density at radius 1 is 1.00 bits per heavy atom. The van der Waals surface area contributed by atoms with Crippen LogP contribution in [0.2, 0.25) is 0 Å². The molecule has 0 bridgehead atoms. The molecule has 0 saturated carbocycles. The highest BCUT2D eigenvalue weighted by molar-refractivity contribution is 5.66. The number of nitriles is 1. The number of anilines is 2. The Balaban J connectivity index is 2.09. The van der Waals surface area contributed by atoms with E-state index < -0.39 is 0 Å². The van der Waals surface area contributed by atoms with Crippen molar-refractivity contribution >= 4 is 11.5 Å². The van der Waals surface area contributed by atoms with Crippen LogP contribution in [-0.2, 0) is 0 Å². The number of hydrogen-bond acceptors (Lipinski definition) is 3. The molecule has 4 nitrogen and oxygen atoms in total. The number of hydrogen-bond donors (Lipinski definition) is 1. The van der Waals surface area contributed by atoms with E-state index in [-0.39, 0.29) is 0 Å². The number of para-hydroxylation sites is 1. The van der Waals surface area contributed by atoms with Crippen LogP contribution in [0.15, 0.2) is 54.6 Å². The lowest BCUT2D eigenvalue weighted by Gasteiger charge is -2.10. The number of rotatable bonds is 3. The van der Waals surface area contributed by atoms with Crippen molar-refractivity contribution in [3.8, 4) is 11.8 Å². The van der Waals surface area contributed by atoms with Crippen molar-refractivity contribution in [2.75, 3.05) is 5.32 Å². The van der Waals surface area contributed by atoms with Gasteiger partial charge in [-0.15, -0.1) is 0 Å². The van der Waals surface area contributed by atoms with Gasteiger partial charge in [0.15, 0.2) is 5.82 Å². The lowest BCUT2D eigenvalue weighted by atomic mass is 10.2. The van der Waals surface area contributed by atoms with Gasteiger partial charge in [-0.25, -0.2) is 4.68 Å². The zero-order valence-electron chi connectivity index (χ0n) is 12.5. The Bertz CT molecular complexity index is 824. The van der Waals surface area contributed by atoms with Crippen LogP contribution in [0.4, 0.5) is 11.5 Å². The summed E-state index contributed by atoms with van der Waals surface area (Å²) in [5, 5.41) is 17.3. The van der Waals surface area contributed by atoms with Crippen molar-refractivity contribution in [2.24, 2.45) is 0 Å². The zero-order chi connectivity index (χ0) is 15.5. The quantitative estimate of drug-likeness (QED) is 0.789. The minimum Gasteiger partial charge on any atom is -0.339 e. The maximum absolute atomic E-state index is 9.44. The van der Waals surface area contributed by atoms with Gasteiger partial charge in [0.05, 0.1) is 11.4 Å². The summed E-state index contributed by atoms with van der Waals surface area (Å²) in [6, 6.07) is 20.1. The monoisotopic (exact) mass is 288 g/mol. The normalized spacial score (nSPS) is 10.2. The summed E-state index contributed by atoms with van der Waals surface area (Å²) in [6.45, 7) is 3.89. The molecule has 0 aliphatic heterocycles. The Morgan fingerprint density at radius 3 is 2.32 bits per heavy atom. The maximum Gasteiger partial charge on any atom is 0.152 e. The van der Waals surface area contributed by atoms with Gasteiger partial charge in [0.25, 0.3) is 0 Å². The van der Waals surface area contributed by atoms with Crippen molar-refractivity contribution < 1.29 is 0 Å². The lowest BCUT2D eigenvalue weighted by molar-refractivity contribution is 0.869. The van der Waals surface area contributed by atoms with Crippen LogP contribution >= 0.6 is 0 Å². The van der Waals surface area contributed by atoms with Crippen LogP contribution in [0.5, 0.6) is 0 Å². The Labute approximate surface area is 129 Å². The Hall–Kier alpha value is -3.06. The molecule has 0 unspecified atom stereocenters. The van der Waals surface area contributed by atoms with Gasteiger partial charge in [-0.3, -0.25) is 0 Å². The highest BCUT2D eigenvalue weighted by Crippen LogP contribution is 2.26. The Morgan fingerprint density at radius 2 is 1.68 bits per heavy atom. The van der Waals surface area contributed by atoms with Crippen LogP contribution in [0.3, 0.4) is 0 Å². The number of aromatic nitrogens is 2. The highest BCUT2D eigenvalue weighted by Gasteiger charge is 2.16. The van der Waals surface area contributed by atoms with E-state index in [0.717, 1.165) is 11.4 Å². The third-order valence-electron chi connectivity index (χ3n) is 3.49. The molecule has 1 N–H and O–H groups in total. The first-order chi connectivity index (χ1) is 10.7. The predicted octanol–water partition coefficient (Wildman–Crippen LogP) is 4.10. The topological polar surface area (TPSA) is 53.6 Å². The van der Waals surface area contributed by atoms with Gasteiger partial charge < -0.3 is 5.32 Å². The van der Waals surface area contributed by atoms with E-state index in [1.807, 2.05) is 68.4 Å². The van der Waals surface area contributed by atoms with Gasteiger partial charge in [0.2, 0.25) is 0 Å². The third-order valence-corrected chi connectivity index (χ3v) is 3.49. The SMILES string of the molecule is Cc1ccc(Nc2c(C#N)c(C)nn2-c2ccccc2)cc1. The van der Waals surface area contributed by atoms with E-state index >= 15 is 0 Å². The largest absolute Gasteiger partial charge is 0.339 e. The van der Waals surface area contributed by atoms with E-state index in [9.17, 15) is 5.26 Å². The minimum absolute atomic E-state index is 0.560. The van der Waals surface area contributed by atoms with Crippen LogP contribution < -0.4 is 5.32 Å². The first-order valence-corrected chi connectivity index (χ1v) is 7.08. The first-order valence-electron chi connectivity index (χ1n) is 7.08. The number of aryl methyl sites for hydroxylation is 2. The molecule has 3 rings (SSSR count). The van der Waals surface area contributed by atoms with E-state index in [1.165, 1.54) is 5.56 Å². The standard InChI is InChI=1S/C18H16N4/c1-13-8-10-15(11-9-13)20-18-17(12-19)14(2)21-22(18)16-6-4-3-5-7-16/h3-11,20H,1-2H3. The summed E-state index contributed by atoms with van der Waals surface area (Å²) in [7, 11) is 0. The molecule has 3 aromatic rings. The van der Waals surface area contributed by atoms with Crippen LogP contribution in [0.1, 0.15) is 16.8 Å². The summed E-state index contributed by atoms with van der Waals surface area (Å²) in [6.07, 6.45) is 0. The molecule has 4 heteroatoms. The smallest absolute Gasteiger partial charge is 0.152 e. The second-order valence-electron chi connectivity index (χ2n) is 5.16. The molecule has 0 radical (unpaired) electrons. The minimum atomic E-state index is 0.560. The predicted molar refractivity (Wildman–Crippen MR) is 87.5 cm³/mol. The van der Waals surface area contributed by atoms with Crippen LogP contribution in [-0.4, -0.2) is 9.78 Å². The summed E-state index contributed by atoms with van der Waals surface area (Å²) in [5.74, 6) is 0.690. The molecule has 0 fully saturated rings. The van der Waals surface area contributed by atoms with E-state index in [0.29, 0.717) is 17.1 Å². The molecule has 1 aromatic heterocycles. The molecular weight excluding hydrogens is 272 g/mol. The molecule has 108 valence electrons. The van der Waals surface area contributed by atoms with Gasteiger partial charge in [-0.05, 0) is 38.1 Å². The number of nitrogens with zero attached hydrogens (tertiary/aromatic N) is 3. The molecule has 0 atom stereocenters. The highest BCUT2D eigenvalue weighted by atomic mass is 15.3. The van der Waals surface area contributed by atoms with E-state index in [1.54, 1.807) is 4.68 Å². The van der Waals surface area contributed by atoms with E-state index in [2.05, 4.69) is 16.5 Å². The van der Waals surface area contributed by atoms with Crippen molar-refractivity contribution in [2.45, 2.75) is 13.8 Å². The third kappa shape index (κ3) is 2.57. The molecule has 1 heterocycles. The maximum atomic E-state index is 9.44. The Kier molecular flexibility index (Phi) is 3.63. The molecule has 0 saturated heterocycles. The average molecular weight is 288 g/mol. The summed E-state index contributed by atoms with van der Waals surface area (Å²) < 4.78 is 1.77. The fraction of sp³-hybridized carbons (Fsp3) is 0.111. The van der Waals surface area contributed by atoms with Crippen LogP contribution in [0, 0.1) is 25.2 Å². The van der Waals surface area contributed by atoms with Gasteiger partial charge in [0, 0.05) is 5.69 Å². The molecule has 22 heavy (non-hydrogen) atoms. The molecule has 0 spiro atoms. The second-order valence-corrected chi connectivity index (χ2v) is 5.16. The zero-order valence-corrected chi connectivity index (χ0v) is 12.5. The number of nitrogens with one attached hydrogen (secondary N) is 1. The summed E-state index contributed by atoms with van der Waals surface area (Å²) in [4.78, 5) is 0. The molecule has 0 aliphatic rings. The fourth-order valence-electron chi connectivity index (χ4n) is 2.31. The molecular formula is C18H16N4. The van der Waals surface area contributed by atoms with Gasteiger partial charge in [-0.2, -0.15) is 10.4 Å². The molecule has 0 amide bonds. The van der Waals surface area contributed by atoms with Gasteiger partial charge in [-0.1, -0.05) is 35.9 Å². The number of benzene rings is 2. The van der Waals surface area contributed by atoms with Crippen molar-refractivity contribution in [1.82, 2.24) is 9.78 Å². The average Bonchev–Trinajstić information content (AvgIpc) is 2.86. The second kappa shape index (κ2) is 5.74. The van der Waals surface area contributed by atoms with E-state index in [4.69, 9.17) is 0 Å². The molecule has 0 aliphatic carbocycles.